The van der Waals surface area contributed by atoms with E-state index in [4.69, 9.17) is 0 Å². The Hall–Kier alpha value is -3.84. The van der Waals surface area contributed by atoms with Gasteiger partial charge in [-0.3, -0.25) is 0 Å². The third-order valence-electron chi connectivity index (χ3n) is 7.35. The van der Waals surface area contributed by atoms with E-state index >= 15 is 0 Å². The van der Waals surface area contributed by atoms with E-state index in [1.807, 2.05) is 0 Å². The molecule has 0 aliphatic carbocycles. The van der Waals surface area contributed by atoms with Gasteiger partial charge in [0.15, 0.2) is 0 Å². The van der Waals surface area contributed by atoms with Crippen LogP contribution >= 0.6 is 0 Å². The number of nitrogens with zero attached hydrogens (tertiary/aromatic N) is 1. The second kappa shape index (κ2) is 6.11. The molecule has 0 spiro atoms. The average Bonchev–Trinajstić information content (AvgIpc) is 2.83. The quantitative estimate of drug-likeness (QED) is 0.245. The van der Waals surface area contributed by atoms with Gasteiger partial charge in [-0.2, -0.15) is 0 Å². The molecule has 6 aromatic rings. The molecular weight excluding hydrogens is 386 g/mol. The van der Waals surface area contributed by atoms with Gasteiger partial charge in [0.05, 0.1) is 11.4 Å². The van der Waals surface area contributed by atoms with Gasteiger partial charge in [-0.25, -0.2) is 0 Å². The molecule has 152 valence electrons. The van der Waals surface area contributed by atoms with E-state index in [-0.39, 0.29) is 5.41 Å². The molecule has 0 amide bonds. The zero-order chi connectivity index (χ0) is 21.4. The molecular formula is C31H23N. The molecule has 0 saturated carbocycles. The summed E-state index contributed by atoms with van der Waals surface area (Å²) >= 11 is 0. The first-order valence-corrected chi connectivity index (χ1v) is 11.3. The predicted molar refractivity (Wildman–Crippen MR) is 137 cm³/mol. The van der Waals surface area contributed by atoms with Crippen molar-refractivity contribution in [2.45, 2.75) is 19.3 Å². The first-order chi connectivity index (χ1) is 15.6. The highest BCUT2D eigenvalue weighted by molar-refractivity contribution is 6.26. The van der Waals surface area contributed by atoms with Crippen molar-refractivity contribution < 1.29 is 0 Å². The van der Waals surface area contributed by atoms with Crippen molar-refractivity contribution in [3.63, 3.8) is 0 Å². The van der Waals surface area contributed by atoms with Crippen LogP contribution in [0, 0.1) is 0 Å². The van der Waals surface area contributed by atoms with Crippen LogP contribution in [0.25, 0.3) is 32.3 Å². The fourth-order valence-electron chi connectivity index (χ4n) is 5.82. The minimum Gasteiger partial charge on any atom is -0.309 e. The Labute approximate surface area is 187 Å². The number of para-hydroxylation sites is 2. The molecule has 0 saturated heterocycles. The molecule has 7 rings (SSSR count). The first-order valence-electron chi connectivity index (χ1n) is 11.3. The summed E-state index contributed by atoms with van der Waals surface area (Å²) in [5.74, 6) is 0. The third kappa shape index (κ3) is 2.18. The molecule has 0 atom stereocenters. The Balaban J connectivity index is 1.71. The smallest absolute Gasteiger partial charge is 0.0581 e. The molecule has 1 aliphatic heterocycles. The Kier molecular flexibility index (Phi) is 3.40. The molecule has 0 bridgehead atoms. The molecule has 1 heteroatoms. The summed E-state index contributed by atoms with van der Waals surface area (Å²) in [4.78, 5) is 2.47. The second-order valence-corrected chi connectivity index (χ2v) is 9.44. The molecule has 0 aromatic heterocycles. The lowest BCUT2D eigenvalue weighted by atomic mass is 9.72. The van der Waals surface area contributed by atoms with Crippen molar-refractivity contribution in [2.75, 3.05) is 4.90 Å². The highest BCUT2D eigenvalue weighted by atomic mass is 15.2. The fraction of sp³-hybridized carbons (Fsp3) is 0.0968. The fourth-order valence-corrected chi connectivity index (χ4v) is 5.82. The van der Waals surface area contributed by atoms with Gasteiger partial charge in [-0.05, 0) is 62.3 Å². The molecule has 0 N–H and O–H groups in total. The van der Waals surface area contributed by atoms with Crippen molar-refractivity contribution in [1.29, 1.82) is 0 Å². The van der Waals surface area contributed by atoms with Gasteiger partial charge in [-0.1, -0.05) is 92.7 Å². The summed E-state index contributed by atoms with van der Waals surface area (Å²) < 4.78 is 0. The summed E-state index contributed by atoms with van der Waals surface area (Å²) in [7, 11) is 0. The normalized spacial score (nSPS) is 14.8. The van der Waals surface area contributed by atoms with Crippen LogP contribution in [0.5, 0.6) is 0 Å². The van der Waals surface area contributed by atoms with Crippen LogP contribution in [-0.2, 0) is 5.41 Å². The van der Waals surface area contributed by atoms with Crippen molar-refractivity contribution in [1.82, 2.24) is 0 Å². The summed E-state index contributed by atoms with van der Waals surface area (Å²) in [6, 6.07) is 37.9. The van der Waals surface area contributed by atoms with E-state index in [9.17, 15) is 0 Å². The Morgan fingerprint density at radius 3 is 2.06 bits per heavy atom. The largest absolute Gasteiger partial charge is 0.309 e. The van der Waals surface area contributed by atoms with Gasteiger partial charge in [0.25, 0.3) is 0 Å². The Morgan fingerprint density at radius 1 is 0.562 bits per heavy atom. The van der Waals surface area contributed by atoms with E-state index in [0.717, 1.165) is 0 Å². The van der Waals surface area contributed by atoms with Gasteiger partial charge in [0.1, 0.15) is 0 Å². The van der Waals surface area contributed by atoms with E-state index in [1.165, 1.54) is 60.5 Å². The maximum absolute atomic E-state index is 2.47. The molecule has 1 heterocycles. The zero-order valence-electron chi connectivity index (χ0n) is 18.3. The maximum atomic E-state index is 2.47. The van der Waals surface area contributed by atoms with Crippen LogP contribution in [0.2, 0.25) is 0 Å². The monoisotopic (exact) mass is 409 g/mol. The topological polar surface area (TPSA) is 3.24 Å². The highest BCUT2D eigenvalue weighted by Crippen LogP contribution is 2.55. The molecule has 0 radical (unpaired) electrons. The second-order valence-electron chi connectivity index (χ2n) is 9.44. The van der Waals surface area contributed by atoms with E-state index in [0.29, 0.717) is 0 Å². The number of anilines is 3. The van der Waals surface area contributed by atoms with Crippen molar-refractivity contribution in [3.8, 4) is 0 Å². The van der Waals surface area contributed by atoms with Crippen LogP contribution in [0.3, 0.4) is 0 Å². The van der Waals surface area contributed by atoms with Gasteiger partial charge in [0.2, 0.25) is 0 Å². The molecule has 1 aliphatic rings. The number of rotatable bonds is 1. The SMILES string of the molecule is CC1(C)c2ccccc2N(c2ccccc2)c2c1cc1ccc3cccc4ccc2c1c34. The van der Waals surface area contributed by atoms with Crippen molar-refractivity contribution >= 4 is 49.4 Å². The lowest BCUT2D eigenvalue weighted by Gasteiger charge is -2.43. The van der Waals surface area contributed by atoms with Gasteiger partial charge in [0, 0.05) is 16.5 Å². The Morgan fingerprint density at radius 2 is 1.25 bits per heavy atom. The van der Waals surface area contributed by atoms with Crippen LogP contribution in [0.1, 0.15) is 25.0 Å². The van der Waals surface area contributed by atoms with Crippen LogP contribution in [-0.4, -0.2) is 0 Å². The summed E-state index contributed by atoms with van der Waals surface area (Å²) in [6.07, 6.45) is 0. The number of benzene rings is 6. The minimum atomic E-state index is -0.0956. The molecule has 1 nitrogen and oxygen atoms in total. The van der Waals surface area contributed by atoms with Crippen molar-refractivity contribution in [2.24, 2.45) is 0 Å². The Bertz CT molecular complexity index is 1630. The number of fused-ring (bicyclic) bond motifs is 3. The zero-order valence-corrected chi connectivity index (χ0v) is 18.3. The first kappa shape index (κ1) is 17.8. The van der Waals surface area contributed by atoms with Gasteiger partial charge < -0.3 is 4.90 Å². The van der Waals surface area contributed by atoms with E-state index in [2.05, 4.69) is 122 Å². The molecule has 6 aromatic carbocycles. The van der Waals surface area contributed by atoms with Gasteiger partial charge >= 0.3 is 0 Å². The lowest BCUT2D eigenvalue weighted by molar-refractivity contribution is 0.634. The van der Waals surface area contributed by atoms with E-state index in [1.54, 1.807) is 0 Å². The molecule has 0 fully saturated rings. The maximum Gasteiger partial charge on any atom is 0.0581 e. The third-order valence-corrected chi connectivity index (χ3v) is 7.35. The van der Waals surface area contributed by atoms with Crippen molar-refractivity contribution in [3.05, 3.63) is 114 Å². The standard InChI is InChI=1S/C31H23N/c1-31(2)25-13-6-7-14-27(25)32(23-11-4-3-5-12-23)30-24-18-17-21-10-8-9-20-15-16-22(19-26(30)31)29(24)28(20)21/h3-19H,1-2H3. The lowest BCUT2D eigenvalue weighted by Crippen LogP contribution is -2.30. The van der Waals surface area contributed by atoms with Gasteiger partial charge in [-0.15, -0.1) is 0 Å². The predicted octanol–water partition coefficient (Wildman–Crippen LogP) is 8.69. The number of hydrogen-bond donors (Lipinski definition) is 0. The molecule has 32 heavy (non-hydrogen) atoms. The average molecular weight is 410 g/mol. The van der Waals surface area contributed by atoms with Crippen LogP contribution in [0.4, 0.5) is 17.1 Å². The van der Waals surface area contributed by atoms with Crippen LogP contribution < -0.4 is 4.90 Å². The highest BCUT2D eigenvalue weighted by Gasteiger charge is 2.38. The summed E-state index contributed by atoms with van der Waals surface area (Å²) in [6.45, 7) is 4.73. The minimum absolute atomic E-state index is 0.0956. The summed E-state index contributed by atoms with van der Waals surface area (Å²) in [5, 5.41) is 8.01. The number of hydrogen-bond acceptors (Lipinski definition) is 1. The van der Waals surface area contributed by atoms with E-state index < -0.39 is 0 Å². The van der Waals surface area contributed by atoms with Crippen LogP contribution in [0.15, 0.2) is 103 Å². The summed E-state index contributed by atoms with van der Waals surface area (Å²) in [5.41, 5.74) is 6.43. The molecule has 0 unspecified atom stereocenters.